The number of hydrogen-bond donors (Lipinski definition) is 1. The Morgan fingerprint density at radius 3 is 2.30 bits per heavy atom. The van der Waals surface area contributed by atoms with Gasteiger partial charge in [0.2, 0.25) is 0 Å². The zero-order valence-corrected chi connectivity index (χ0v) is 5.88. The van der Waals surface area contributed by atoms with E-state index in [1.54, 1.807) is 0 Å². The van der Waals surface area contributed by atoms with E-state index in [4.69, 9.17) is 17.6 Å². The van der Waals surface area contributed by atoms with Crippen molar-refractivity contribution in [3.63, 3.8) is 0 Å². The molecule has 0 spiro atoms. The molecule has 2 N–H and O–H groups in total. The number of fused-ring (bicyclic) bond motifs is 1. The van der Waals surface area contributed by atoms with Gasteiger partial charge in [-0.1, -0.05) is 24.3 Å². The Balaban J connectivity index is -0.000000109. The van der Waals surface area contributed by atoms with Gasteiger partial charge in [0.05, 0.1) is 0 Å². The molecule has 1 aliphatic rings. The number of rotatable bonds is 0. The van der Waals surface area contributed by atoms with Gasteiger partial charge >= 0.3 is 0 Å². The molecule has 0 unspecified atom stereocenters. The first-order valence-corrected chi connectivity index (χ1v) is 3.68. The maximum atomic E-state index is 5.78. The summed E-state index contributed by atoms with van der Waals surface area (Å²) in [6.07, 6.45) is 2.13. The Bertz CT molecular complexity index is 236. The Kier molecular flexibility index (Phi) is 0.641. The van der Waals surface area contributed by atoms with E-state index in [1.165, 1.54) is 11.1 Å². The molecule has 0 saturated carbocycles. The van der Waals surface area contributed by atoms with Crippen molar-refractivity contribution in [2.24, 2.45) is 5.73 Å². The van der Waals surface area contributed by atoms with Crippen LogP contribution in [0.3, 0.4) is 0 Å². The van der Waals surface area contributed by atoms with Crippen LogP contribution in [0, 0.1) is 0 Å². The third-order valence-corrected chi connectivity index (χ3v) is 2.08. The zero-order chi connectivity index (χ0) is 15.0. The van der Waals surface area contributed by atoms with Gasteiger partial charge in [0.15, 0.2) is 0 Å². The van der Waals surface area contributed by atoms with Crippen LogP contribution in [-0.4, -0.2) is 6.04 Å². The minimum absolute atomic E-state index is 0. The second-order valence-corrected chi connectivity index (χ2v) is 2.94. The van der Waals surface area contributed by atoms with Gasteiger partial charge in [0.1, 0.15) is 0 Å². The van der Waals surface area contributed by atoms with E-state index >= 15 is 0 Å². The van der Waals surface area contributed by atoms with Crippen LogP contribution in [-0.2, 0) is 12.8 Å². The summed E-state index contributed by atoms with van der Waals surface area (Å²) in [7, 11) is 0. The van der Waals surface area contributed by atoms with Crippen molar-refractivity contribution in [2.45, 2.75) is 18.9 Å². The number of hydrogen-bond acceptors (Lipinski definition) is 1. The quantitative estimate of drug-likeness (QED) is 0.607. The summed E-state index contributed by atoms with van der Waals surface area (Å²) in [6.45, 7) is 0. The van der Waals surface area contributed by atoms with Crippen molar-refractivity contribution in [3.8, 4) is 0 Å². The van der Waals surface area contributed by atoms with Gasteiger partial charge in [-0.05, 0) is 24.0 Å². The largest absolute Gasteiger partial charge is 0.327 e. The fourth-order valence-electron chi connectivity index (χ4n) is 1.59. The lowest BCUT2D eigenvalue weighted by atomic mass is 10.1. The van der Waals surface area contributed by atoms with Crippen LogP contribution >= 0.6 is 0 Å². The Morgan fingerprint density at radius 2 is 1.80 bits per heavy atom. The molecule has 2 rings (SSSR count). The molecule has 0 amide bonds. The molecule has 0 heterocycles. The molecule has 1 aromatic carbocycles. The first-order valence-electron chi connectivity index (χ1n) is 7.68. The average molecular weight is 152 g/mol. The van der Waals surface area contributed by atoms with Crippen LogP contribution in [0.1, 0.15) is 24.4 Å². The second kappa shape index (κ2) is 2.10. The third kappa shape index (κ3) is 0.830. The summed E-state index contributed by atoms with van der Waals surface area (Å²) in [5, 5.41) is 0. The molecule has 0 bridgehead atoms. The van der Waals surface area contributed by atoms with Gasteiger partial charge < -0.3 is 5.73 Å². The summed E-state index contributed by atoms with van der Waals surface area (Å²) in [4.78, 5) is 0. The van der Waals surface area contributed by atoms with Crippen LogP contribution < -0.4 is 5.73 Å². The maximum Gasteiger partial charge on any atom is 0.0120 e. The fraction of sp³-hybridized carbons (Fsp3) is 0.333. The normalized spacial score (nSPS) is 20.5. The van der Waals surface area contributed by atoms with E-state index in [0.29, 0.717) is 6.04 Å². The smallest absolute Gasteiger partial charge is 0.0120 e. The van der Waals surface area contributed by atoms with E-state index in [9.17, 15) is 0 Å². The van der Waals surface area contributed by atoms with Crippen LogP contribution in [0.15, 0.2) is 24.3 Å². The SMILES string of the molecule is NC1Cc2ccccc2C1.[2HH].[2H][2H].[2H][2H].[2H][2H].[2H][2H]. The molecule has 0 aromatic heterocycles. The highest BCUT2D eigenvalue weighted by Gasteiger charge is 2.15. The van der Waals surface area contributed by atoms with Gasteiger partial charge in [0.25, 0.3) is 0 Å². The molecule has 0 radical (unpaired) electrons. The molecule has 0 aliphatic heterocycles. The third-order valence-electron chi connectivity index (χ3n) is 2.08. The molecule has 62 valence electrons. The van der Waals surface area contributed by atoms with Crippen LogP contribution in [0.25, 0.3) is 0 Å². The molecule has 1 nitrogen and oxygen atoms in total. The second-order valence-electron chi connectivity index (χ2n) is 2.94. The van der Waals surface area contributed by atoms with Gasteiger partial charge in [0, 0.05) is 19.3 Å². The Morgan fingerprint density at radius 1 is 1.30 bits per heavy atom. The van der Waals surface area contributed by atoms with E-state index in [1.807, 2.05) is 0 Å². The number of benzene rings is 1. The van der Waals surface area contributed by atoms with Crippen LogP contribution in [0.4, 0.5) is 0 Å². The molecular formula is C9H21N. The van der Waals surface area contributed by atoms with Crippen LogP contribution in [0.5, 0.6) is 0 Å². The predicted molar refractivity (Wildman–Crippen MR) is 52.4 cm³/mol. The highest BCUT2D eigenvalue weighted by Crippen LogP contribution is 2.19. The Hall–Kier alpha value is -0.820. The van der Waals surface area contributed by atoms with Gasteiger partial charge in [-0.25, -0.2) is 0 Å². The fourth-order valence-corrected chi connectivity index (χ4v) is 1.59. The summed E-state index contributed by atoms with van der Waals surface area (Å²) < 4.78 is 40.0. The summed E-state index contributed by atoms with van der Waals surface area (Å²) in [6, 6.07) is 8.87. The van der Waals surface area contributed by atoms with E-state index in [2.05, 4.69) is 24.3 Å². The Labute approximate surface area is 74.7 Å². The van der Waals surface area contributed by atoms with E-state index in [-0.39, 0.29) is 1.43 Å². The lowest BCUT2D eigenvalue weighted by molar-refractivity contribution is 0.721. The van der Waals surface area contributed by atoms with Crippen LogP contribution in [0.2, 0.25) is 0 Å². The van der Waals surface area contributed by atoms with Crippen molar-refractivity contribution >= 4 is 0 Å². The van der Waals surface area contributed by atoms with Crippen molar-refractivity contribution in [1.29, 1.82) is 0 Å². The molecule has 1 aromatic rings. The molecule has 10 heavy (non-hydrogen) atoms. The monoisotopic (exact) mass is 152 g/mol. The molecule has 1 aliphatic carbocycles. The first-order chi connectivity index (χ1) is 8.86. The van der Waals surface area contributed by atoms with Crippen molar-refractivity contribution in [3.05, 3.63) is 35.4 Å². The molecule has 0 atom stereocenters. The number of nitrogens with two attached hydrogens (primary N) is 1. The first kappa shape index (κ1) is 3.05. The highest BCUT2D eigenvalue weighted by atomic mass is 14.6. The van der Waals surface area contributed by atoms with Crippen molar-refractivity contribution in [2.75, 3.05) is 0 Å². The van der Waals surface area contributed by atoms with Crippen molar-refractivity contribution < 1.29 is 13.3 Å². The van der Waals surface area contributed by atoms with E-state index < -0.39 is 0 Å². The average Bonchev–Trinajstić information content (AvgIpc) is 2.87. The van der Waals surface area contributed by atoms with Gasteiger partial charge in [-0.3, -0.25) is 0 Å². The van der Waals surface area contributed by atoms with Gasteiger partial charge in [-0.2, -0.15) is 0 Å². The maximum absolute atomic E-state index is 5.78. The standard InChI is InChI=1S/C9H11N.5H2/c10-9-5-7-3-1-2-4-8(7)6-9;;;;;/h1-4,9H,5-6,10H2;5*1H/i;4*1+1D;1+1. The molecule has 0 saturated heterocycles. The molecule has 1 heteroatoms. The minimum Gasteiger partial charge on any atom is -0.327 e. The summed E-state index contributed by atoms with van der Waals surface area (Å²) in [5.41, 5.74) is 8.66. The predicted octanol–water partition coefficient (Wildman–Crippen LogP) is 2.34. The summed E-state index contributed by atoms with van der Waals surface area (Å²) >= 11 is 0. The topological polar surface area (TPSA) is 26.0 Å². The zero-order valence-electron chi connectivity index (χ0n) is 13.9. The minimum atomic E-state index is 0. The van der Waals surface area contributed by atoms with Gasteiger partial charge in [-0.15, -0.1) is 0 Å². The molecular weight excluding hydrogens is 122 g/mol. The van der Waals surface area contributed by atoms with Crippen molar-refractivity contribution in [1.82, 2.24) is 0 Å². The highest BCUT2D eigenvalue weighted by molar-refractivity contribution is 5.32. The molecule has 0 fully saturated rings. The lowest BCUT2D eigenvalue weighted by Gasteiger charge is -1.94. The lowest BCUT2D eigenvalue weighted by Crippen LogP contribution is -2.18. The summed E-state index contributed by atoms with van der Waals surface area (Å²) in [5.74, 6) is 0. The van der Waals surface area contributed by atoms with E-state index in [0.717, 1.165) is 12.8 Å².